The zero-order chi connectivity index (χ0) is 13.7. The molecule has 0 bridgehead atoms. The summed E-state index contributed by atoms with van der Waals surface area (Å²) in [5.41, 5.74) is 2.29. The van der Waals surface area contributed by atoms with Crippen molar-refractivity contribution in [2.24, 2.45) is 0 Å². The third-order valence-electron chi connectivity index (χ3n) is 4.18. The van der Waals surface area contributed by atoms with Gasteiger partial charge in [-0.25, -0.2) is 9.78 Å². The highest BCUT2D eigenvalue weighted by Crippen LogP contribution is 2.43. The van der Waals surface area contributed by atoms with Crippen LogP contribution in [0, 0.1) is 0 Å². The number of hydrogen-bond acceptors (Lipinski definition) is 3. The zero-order valence-corrected chi connectivity index (χ0v) is 11.9. The Balaban J connectivity index is 1.92. The number of nitrogens with zero attached hydrogens (tertiary/aromatic N) is 2. The highest BCUT2D eigenvalue weighted by molar-refractivity contribution is 7.99. The largest absolute Gasteiger partial charge is 0.478 e. The summed E-state index contributed by atoms with van der Waals surface area (Å²) in [5.74, 6) is 3.19. The molecule has 104 valence electrons. The van der Waals surface area contributed by atoms with Crippen molar-refractivity contribution in [1.82, 2.24) is 9.55 Å². The van der Waals surface area contributed by atoms with Crippen LogP contribution in [0.1, 0.15) is 47.4 Å². The molecule has 1 saturated heterocycles. The first-order chi connectivity index (χ1) is 9.74. The van der Waals surface area contributed by atoms with Crippen LogP contribution in [-0.4, -0.2) is 32.1 Å². The Morgan fingerprint density at radius 1 is 1.35 bits per heavy atom. The first-order valence-electron chi connectivity index (χ1n) is 7.07. The fourth-order valence-electron chi connectivity index (χ4n) is 2.98. The van der Waals surface area contributed by atoms with E-state index in [0.29, 0.717) is 17.5 Å². The van der Waals surface area contributed by atoms with Crippen molar-refractivity contribution in [2.75, 3.05) is 11.5 Å². The topological polar surface area (TPSA) is 55.1 Å². The average Bonchev–Trinajstić information content (AvgIpc) is 3.01. The lowest BCUT2D eigenvalue weighted by Crippen LogP contribution is -2.11. The Hall–Kier alpha value is -1.49. The number of thioether (sulfide) groups is 1. The molecule has 2 aromatic rings. The Morgan fingerprint density at radius 3 is 2.85 bits per heavy atom. The number of aromatic nitrogens is 2. The molecule has 1 aliphatic carbocycles. The van der Waals surface area contributed by atoms with Gasteiger partial charge in [0.05, 0.1) is 16.6 Å². The van der Waals surface area contributed by atoms with Gasteiger partial charge in [0.25, 0.3) is 0 Å². The molecule has 1 unspecified atom stereocenters. The van der Waals surface area contributed by atoms with Crippen LogP contribution in [0.2, 0.25) is 0 Å². The third-order valence-corrected chi connectivity index (χ3v) is 5.32. The highest BCUT2D eigenvalue weighted by atomic mass is 32.2. The molecule has 1 N–H and O–H groups in total. The number of fused-ring (bicyclic) bond motifs is 1. The van der Waals surface area contributed by atoms with Gasteiger partial charge in [-0.05, 0) is 43.2 Å². The quantitative estimate of drug-likeness (QED) is 0.941. The molecule has 2 fully saturated rings. The standard InChI is InChI=1S/C15H16N2O2S/c18-15(19)10-3-4-12-13(7-10)17(11-5-6-20-8-11)14(16-12)9-1-2-9/h3-4,7,9,11H,1-2,5-6,8H2,(H,18,19). The second-order valence-electron chi connectivity index (χ2n) is 5.64. The first-order valence-corrected chi connectivity index (χ1v) is 8.22. The third kappa shape index (κ3) is 1.92. The van der Waals surface area contributed by atoms with Crippen molar-refractivity contribution >= 4 is 28.8 Å². The molecule has 0 amide bonds. The number of hydrogen-bond donors (Lipinski definition) is 1. The fourth-order valence-corrected chi connectivity index (χ4v) is 4.18. The van der Waals surface area contributed by atoms with Crippen LogP contribution in [0.5, 0.6) is 0 Å². The van der Waals surface area contributed by atoms with Crippen LogP contribution in [0.25, 0.3) is 11.0 Å². The van der Waals surface area contributed by atoms with E-state index in [4.69, 9.17) is 4.98 Å². The van der Waals surface area contributed by atoms with Crippen LogP contribution in [0.15, 0.2) is 18.2 Å². The van der Waals surface area contributed by atoms with E-state index in [-0.39, 0.29) is 0 Å². The summed E-state index contributed by atoms with van der Waals surface area (Å²) in [6.45, 7) is 0. The van der Waals surface area contributed by atoms with Gasteiger partial charge >= 0.3 is 5.97 Å². The van der Waals surface area contributed by atoms with Crippen LogP contribution in [0.3, 0.4) is 0 Å². The average molecular weight is 288 g/mol. The van der Waals surface area contributed by atoms with Gasteiger partial charge in [-0.3, -0.25) is 0 Å². The summed E-state index contributed by atoms with van der Waals surface area (Å²) in [5, 5.41) is 9.20. The van der Waals surface area contributed by atoms with Crippen molar-refractivity contribution in [2.45, 2.75) is 31.2 Å². The number of aromatic carboxylic acids is 1. The molecule has 5 heteroatoms. The molecule has 0 spiro atoms. The van der Waals surface area contributed by atoms with Crippen molar-refractivity contribution in [3.05, 3.63) is 29.6 Å². The predicted molar refractivity (Wildman–Crippen MR) is 79.6 cm³/mol. The molecule has 1 aromatic carbocycles. The summed E-state index contributed by atoms with van der Waals surface area (Å²) < 4.78 is 2.33. The Bertz CT molecular complexity index is 684. The van der Waals surface area contributed by atoms with E-state index in [9.17, 15) is 9.90 Å². The Morgan fingerprint density at radius 2 is 2.20 bits per heavy atom. The summed E-state index contributed by atoms with van der Waals surface area (Å²) >= 11 is 1.98. The van der Waals surface area contributed by atoms with Gasteiger partial charge in [-0.15, -0.1) is 0 Å². The van der Waals surface area contributed by atoms with Crippen molar-refractivity contribution < 1.29 is 9.90 Å². The molecule has 2 aliphatic rings. The van der Waals surface area contributed by atoms with Gasteiger partial charge in [-0.2, -0.15) is 11.8 Å². The maximum absolute atomic E-state index is 11.2. The lowest BCUT2D eigenvalue weighted by Gasteiger charge is -2.15. The van der Waals surface area contributed by atoms with Gasteiger partial charge < -0.3 is 9.67 Å². The van der Waals surface area contributed by atoms with Crippen LogP contribution in [-0.2, 0) is 0 Å². The second kappa shape index (κ2) is 4.52. The van der Waals surface area contributed by atoms with Gasteiger partial charge in [-0.1, -0.05) is 0 Å². The molecular weight excluding hydrogens is 272 g/mol. The molecule has 20 heavy (non-hydrogen) atoms. The Kier molecular flexibility index (Phi) is 2.77. The number of carbonyl (C=O) groups is 1. The molecule has 1 aliphatic heterocycles. The monoisotopic (exact) mass is 288 g/mol. The summed E-state index contributed by atoms with van der Waals surface area (Å²) in [6, 6.07) is 5.77. The van der Waals surface area contributed by atoms with E-state index in [1.807, 2.05) is 17.8 Å². The molecule has 2 heterocycles. The molecule has 1 aromatic heterocycles. The summed E-state index contributed by atoms with van der Waals surface area (Å²) in [7, 11) is 0. The van der Waals surface area contributed by atoms with E-state index in [2.05, 4.69) is 4.57 Å². The zero-order valence-electron chi connectivity index (χ0n) is 11.1. The van der Waals surface area contributed by atoms with Crippen LogP contribution in [0.4, 0.5) is 0 Å². The molecule has 1 saturated carbocycles. The minimum Gasteiger partial charge on any atom is -0.478 e. The van der Waals surface area contributed by atoms with Crippen molar-refractivity contribution in [3.63, 3.8) is 0 Å². The van der Waals surface area contributed by atoms with E-state index >= 15 is 0 Å². The second-order valence-corrected chi connectivity index (χ2v) is 6.79. The molecule has 4 nitrogen and oxygen atoms in total. The molecule has 0 radical (unpaired) electrons. The number of carboxylic acid groups (broad SMARTS) is 1. The van der Waals surface area contributed by atoms with Crippen LogP contribution < -0.4 is 0 Å². The minimum atomic E-state index is -0.867. The van der Waals surface area contributed by atoms with E-state index in [0.717, 1.165) is 23.2 Å². The summed E-state index contributed by atoms with van der Waals surface area (Å²) in [6.07, 6.45) is 3.59. The number of imidazole rings is 1. The van der Waals surface area contributed by atoms with Gasteiger partial charge in [0.1, 0.15) is 5.82 Å². The van der Waals surface area contributed by atoms with E-state index in [1.165, 1.54) is 24.4 Å². The van der Waals surface area contributed by atoms with Gasteiger partial charge in [0.2, 0.25) is 0 Å². The number of carboxylic acids is 1. The molecular formula is C15H16N2O2S. The van der Waals surface area contributed by atoms with E-state index in [1.54, 1.807) is 12.1 Å². The number of rotatable bonds is 3. The van der Waals surface area contributed by atoms with Crippen LogP contribution >= 0.6 is 11.8 Å². The SMILES string of the molecule is O=C(O)c1ccc2nc(C3CC3)n(C3CCSC3)c2c1. The van der Waals surface area contributed by atoms with Gasteiger partial charge in [0.15, 0.2) is 0 Å². The predicted octanol–water partition coefficient (Wildman–Crippen LogP) is 3.29. The summed E-state index contributed by atoms with van der Waals surface area (Å²) in [4.78, 5) is 16.0. The molecule has 1 atom stereocenters. The van der Waals surface area contributed by atoms with E-state index < -0.39 is 5.97 Å². The minimum absolute atomic E-state index is 0.353. The van der Waals surface area contributed by atoms with Gasteiger partial charge in [0, 0.05) is 17.7 Å². The highest BCUT2D eigenvalue weighted by Gasteiger charge is 2.32. The Labute approximate surface area is 121 Å². The van der Waals surface area contributed by atoms with Crippen molar-refractivity contribution in [1.29, 1.82) is 0 Å². The van der Waals surface area contributed by atoms with Crippen molar-refractivity contribution in [3.8, 4) is 0 Å². The number of benzene rings is 1. The normalized spacial score (nSPS) is 22.5. The smallest absolute Gasteiger partial charge is 0.335 e. The fraction of sp³-hybridized carbons (Fsp3) is 0.467. The lowest BCUT2D eigenvalue weighted by atomic mass is 10.2. The first kappa shape index (κ1) is 12.3. The maximum atomic E-state index is 11.2. The molecule has 4 rings (SSSR count). The maximum Gasteiger partial charge on any atom is 0.335 e. The lowest BCUT2D eigenvalue weighted by molar-refractivity contribution is 0.0697.